The van der Waals surface area contributed by atoms with Crippen molar-refractivity contribution in [2.45, 2.75) is 130 Å². The lowest BCUT2D eigenvalue weighted by Crippen LogP contribution is -2.56. The highest BCUT2D eigenvalue weighted by molar-refractivity contribution is 6.23. The van der Waals surface area contributed by atoms with Gasteiger partial charge in [-0.1, -0.05) is 13.8 Å². The van der Waals surface area contributed by atoms with E-state index in [0.717, 1.165) is 16.7 Å². The Balaban J connectivity index is 1.18. The van der Waals surface area contributed by atoms with E-state index in [4.69, 9.17) is 44.5 Å². The molecule has 494 valence electrons. The summed E-state index contributed by atoms with van der Waals surface area (Å²) in [6.45, 7) is 21.0. The third kappa shape index (κ3) is 18.0. The van der Waals surface area contributed by atoms with Crippen LogP contribution in [0, 0.1) is 6.92 Å². The Kier molecular flexibility index (Phi) is 24.3. The number of fused-ring (bicyclic) bond motifs is 8. The number of hydrogen-bond donors (Lipinski definition) is 8. The number of aromatic amines is 2. The van der Waals surface area contributed by atoms with Crippen molar-refractivity contribution in [1.29, 1.82) is 0 Å². The van der Waals surface area contributed by atoms with Gasteiger partial charge in [0.2, 0.25) is 29.5 Å². The number of nitrogens with zero attached hydrogens (tertiary/aromatic N) is 5. The number of hydrogen-bond acceptors (Lipinski definition) is 18. The van der Waals surface area contributed by atoms with Crippen LogP contribution in [0.3, 0.4) is 0 Å². The van der Waals surface area contributed by atoms with E-state index in [1.165, 1.54) is 29.7 Å². The standard InChI is InChI=1S/C64H88N12O15/c1-12-41-35(2)45-32-49-42(14-16-53(80)90-30-29-89-28-27-88-26-23-77)36(3)44(70-49)31-46-37(4)43(56(71-46)55-57-54(38(5)47(72-57)33-48(41)69-45)61(84)76(62(55)85)20-19-75-21-24-87-25-22-75)13-15-52(79)74(11)18-17-66-60(83)50(34-51(65)78)73-59(82)39(6)67-58(81)40(7)68-63(86)91-64(8,9)10/h14,16,31-33,37,39-40,43,50,71-72,77H,12-13,15,17-30,34H2,1-11H3,(H2,65,78)(H,66,83)(H,67,81)(H,68,86)(H,73,82)/b16-14+,46-31?,48-33?,49-32?,56-55?/t37-,39-,40-,43-,50-/m0/s1. The molecule has 7 heterocycles. The number of nitrogens with one attached hydrogen (secondary N) is 6. The van der Waals surface area contributed by atoms with Crippen molar-refractivity contribution in [2.75, 3.05) is 99.2 Å². The van der Waals surface area contributed by atoms with E-state index in [9.17, 15) is 38.4 Å². The molecule has 0 aromatic carbocycles. The van der Waals surface area contributed by atoms with E-state index in [1.54, 1.807) is 33.9 Å². The Labute approximate surface area is 529 Å². The Morgan fingerprint density at radius 2 is 1.48 bits per heavy atom. The maximum atomic E-state index is 15.4. The third-order valence-electron chi connectivity index (χ3n) is 16.3. The number of aliphatic hydroxyl groups excluding tert-OH is 1. The molecule has 27 nitrogen and oxygen atoms in total. The molecule has 0 spiro atoms. The first kappa shape index (κ1) is 70.1. The zero-order chi connectivity index (χ0) is 66.4. The van der Waals surface area contributed by atoms with Gasteiger partial charge in [0, 0.05) is 93.1 Å². The van der Waals surface area contributed by atoms with Crippen molar-refractivity contribution in [2.24, 2.45) is 5.73 Å². The van der Waals surface area contributed by atoms with Gasteiger partial charge in [0.05, 0.1) is 92.1 Å². The molecule has 5 aliphatic rings. The van der Waals surface area contributed by atoms with Gasteiger partial charge < -0.3 is 70.7 Å². The maximum absolute atomic E-state index is 15.4. The lowest BCUT2D eigenvalue weighted by Gasteiger charge is -2.31. The summed E-state index contributed by atoms with van der Waals surface area (Å²) in [4.78, 5) is 144. The van der Waals surface area contributed by atoms with Crippen LogP contribution in [0.15, 0.2) is 30.4 Å². The molecule has 8 amide bonds. The van der Waals surface area contributed by atoms with Crippen LogP contribution in [-0.2, 0) is 52.5 Å². The number of morpholine rings is 1. The van der Waals surface area contributed by atoms with Gasteiger partial charge in [-0.3, -0.25) is 43.4 Å². The Morgan fingerprint density at radius 1 is 0.835 bits per heavy atom. The number of allylic oxidation sites excluding steroid dienone is 5. The summed E-state index contributed by atoms with van der Waals surface area (Å²) in [5, 5.41) is 18.9. The summed E-state index contributed by atoms with van der Waals surface area (Å²) in [6, 6.07) is 1.93. The first-order valence-electron chi connectivity index (χ1n) is 30.9. The molecule has 8 bridgehead atoms. The van der Waals surface area contributed by atoms with Crippen molar-refractivity contribution in [3.63, 3.8) is 0 Å². The van der Waals surface area contributed by atoms with Gasteiger partial charge in [0.1, 0.15) is 30.3 Å². The number of aliphatic hydroxyl groups is 1. The molecule has 9 N–H and O–H groups in total. The zero-order valence-electron chi connectivity index (χ0n) is 54.0. The van der Waals surface area contributed by atoms with Crippen LogP contribution >= 0.6 is 0 Å². The summed E-state index contributed by atoms with van der Waals surface area (Å²) in [7, 11) is 1.57. The maximum Gasteiger partial charge on any atom is 0.408 e. The van der Waals surface area contributed by atoms with Gasteiger partial charge in [0.15, 0.2) is 0 Å². The van der Waals surface area contributed by atoms with E-state index in [1.807, 2.05) is 52.8 Å². The van der Waals surface area contributed by atoms with Crippen molar-refractivity contribution >= 4 is 86.7 Å². The third-order valence-corrected chi connectivity index (χ3v) is 16.3. The number of likely N-dealkylation sites (N-methyl/N-ethyl adjacent to an activating group) is 1. The number of aromatic nitrogens is 4. The van der Waals surface area contributed by atoms with Crippen molar-refractivity contribution in [3.8, 4) is 0 Å². The molecule has 1 fully saturated rings. The predicted molar refractivity (Wildman–Crippen MR) is 337 cm³/mol. The lowest BCUT2D eigenvalue weighted by atomic mass is 9.84. The number of nitrogens with two attached hydrogens (primary N) is 1. The minimum absolute atomic E-state index is 0.00312. The smallest absolute Gasteiger partial charge is 0.408 e. The van der Waals surface area contributed by atoms with Crippen molar-refractivity contribution < 1.29 is 71.9 Å². The number of aryl methyl sites for hydroxylation is 1. The number of esters is 1. The molecule has 27 heteroatoms. The van der Waals surface area contributed by atoms with Gasteiger partial charge in [0.25, 0.3) is 11.8 Å². The first-order valence-corrected chi connectivity index (χ1v) is 30.9. The molecule has 7 rings (SSSR count). The van der Waals surface area contributed by atoms with Gasteiger partial charge >= 0.3 is 12.1 Å². The monoisotopic (exact) mass is 1260 g/mol. The summed E-state index contributed by atoms with van der Waals surface area (Å²) in [6.07, 6.45) is 2.37. The van der Waals surface area contributed by atoms with E-state index in [0.29, 0.717) is 101 Å². The number of primary amides is 1. The molecule has 0 saturated carbocycles. The van der Waals surface area contributed by atoms with Gasteiger partial charge in [-0.15, -0.1) is 0 Å². The van der Waals surface area contributed by atoms with Crippen LogP contribution in [0.5, 0.6) is 0 Å². The van der Waals surface area contributed by atoms with E-state index < -0.39 is 83.6 Å². The van der Waals surface area contributed by atoms with Crippen molar-refractivity contribution in [1.82, 2.24) is 55.9 Å². The highest BCUT2D eigenvalue weighted by atomic mass is 16.6. The Morgan fingerprint density at radius 3 is 2.16 bits per heavy atom. The second kappa shape index (κ2) is 31.6. The molecular weight excluding hydrogens is 1180 g/mol. The molecular formula is C64H88N12O15. The number of carbonyl (C=O) groups is 9. The number of rotatable bonds is 28. The fourth-order valence-electron chi connectivity index (χ4n) is 11.2. The fourth-order valence-corrected chi connectivity index (χ4v) is 11.2. The van der Waals surface area contributed by atoms with Gasteiger partial charge in [-0.25, -0.2) is 19.6 Å². The number of amides is 8. The van der Waals surface area contributed by atoms with Gasteiger partial charge in [-0.05, 0) is 115 Å². The molecule has 91 heavy (non-hydrogen) atoms. The number of carbonyl (C=O) groups excluding carboxylic acids is 9. The minimum Gasteiger partial charge on any atom is -0.460 e. The SMILES string of the molecule is CCC1=C(C)c2cc3nc(cc4[nH]c(c5c6[nH]c(cc1n2)c(C)c6C(=O)N(CCN1CCOCC1)C5=O)[C@@H](CCC(=O)N(C)CCNC(=O)[C@H](CC(N)=O)NC(=O)[C@H](C)NC(=O)[C@H](C)NC(=O)OC(C)(C)C)[C@@H]4C)C(C)=C3/C=C/C(=O)OCCOCCOCCO. The molecule has 5 aliphatic heterocycles. The second-order valence-corrected chi connectivity index (χ2v) is 24.0. The summed E-state index contributed by atoms with van der Waals surface area (Å²) in [5.41, 5.74) is 13.6. The molecule has 5 atom stereocenters. The van der Waals surface area contributed by atoms with Crippen LogP contribution in [-0.4, -0.2) is 216 Å². The van der Waals surface area contributed by atoms with Crippen LogP contribution in [0.2, 0.25) is 0 Å². The molecule has 2 aromatic rings. The summed E-state index contributed by atoms with van der Waals surface area (Å²) in [5.74, 6) is -5.97. The molecule has 0 unspecified atom stereocenters. The van der Waals surface area contributed by atoms with E-state index >= 15 is 4.79 Å². The summed E-state index contributed by atoms with van der Waals surface area (Å²) >= 11 is 0. The topological polar surface area (TPSA) is 361 Å². The molecule has 1 saturated heterocycles. The number of ether oxygens (including phenoxy) is 5. The number of imide groups is 1. The Hall–Kier alpha value is -8.37. The van der Waals surface area contributed by atoms with Crippen LogP contribution < -0.4 is 27.0 Å². The van der Waals surface area contributed by atoms with E-state index in [2.05, 4.69) is 36.1 Å². The lowest BCUT2D eigenvalue weighted by molar-refractivity contribution is -0.139. The molecule has 0 aliphatic carbocycles. The average molecular weight is 1270 g/mol. The van der Waals surface area contributed by atoms with Crippen molar-refractivity contribution in [3.05, 3.63) is 81.2 Å². The second-order valence-electron chi connectivity index (χ2n) is 24.0. The fraction of sp³-hybridized carbons (Fsp3) is 0.547. The largest absolute Gasteiger partial charge is 0.460 e. The molecule has 0 radical (unpaired) electrons. The highest BCUT2D eigenvalue weighted by Gasteiger charge is 2.41. The van der Waals surface area contributed by atoms with Gasteiger partial charge in [-0.2, -0.15) is 0 Å². The average Bonchev–Trinajstić information content (AvgIpc) is 1.61. The predicted octanol–water partition coefficient (Wildman–Crippen LogP) is 3.69. The summed E-state index contributed by atoms with van der Waals surface area (Å²) < 4.78 is 26.9. The van der Waals surface area contributed by atoms with Crippen LogP contribution in [0.25, 0.3) is 33.3 Å². The quantitative estimate of drug-likeness (QED) is 0.0261. The highest BCUT2D eigenvalue weighted by Crippen LogP contribution is 2.45. The van der Waals surface area contributed by atoms with Crippen LogP contribution in [0.1, 0.15) is 160 Å². The normalized spacial score (nSPS) is 17.3. The minimum atomic E-state index is -1.44. The Bertz CT molecular complexity index is 3430. The number of H-pyrrole nitrogens is 2. The van der Waals surface area contributed by atoms with Crippen LogP contribution in [0.4, 0.5) is 4.79 Å². The zero-order valence-corrected chi connectivity index (χ0v) is 54.0. The molecule has 2 aromatic heterocycles. The number of alkyl carbamates (subject to hydrolysis) is 1. The van der Waals surface area contributed by atoms with E-state index in [-0.39, 0.29) is 89.5 Å². The first-order chi connectivity index (χ1) is 43.2.